The van der Waals surface area contributed by atoms with Crippen LogP contribution >= 0.6 is 12.6 Å². The third-order valence-electron chi connectivity index (χ3n) is 4.88. The summed E-state index contributed by atoms with van der Waals surface area (Å²) in [6, 6.07) is 2.24. The number of rotatable bonds is 12. The molecule has 13 heteroatoms. The lowest BCUT2D eigenvalue weighted by Gasteiger charge is -2.23. The van der Waals surface area contributed by atoms with Crippen molar-refractivity contribution in [2.24, 2.45) is 5.73 Å². The first kappa shape index (κ1) is 26.1. The van der Waals surface area contributed by atoms with E-state index < -0.39 is 61.1 Å². The highest BCUT2D eigenvalue weighted by atomic mass is 32.1. The maximum atomic E-state index is 12.5. The maximum absolute atomic E-state index is 12.5. The van der Waals surface area contributed by atoms with Crippen LogP contribution in [0.15, 0.2) is 30.5 Å². The van der Waals surface area contributed by atoms with Crippen LogP contribution in [-0.2, 0) is 25.6 Å². The highest BCUT2D eigenvalue weighted by Crippen LogP contribution is 2.18. The van der Waals surface area contributed by atoms with Gasteiger partial charge in [0.1, 0.15) is 18.1 Å². The predicted molar refractivity (Wildman–Crippen MR) is 121 cm³/mol. The number of hydrogen-bond donors (Lipinski definition) is 9. The molecule has 9 N–H and O–H groups in total. The first-order chi connectivity index (χ1) is 15.7. The molecule has 2 aromatic rings. The molecule has 4 atom stereocenters. The first-order valence-corrected chi connectivity index (χ1v) is 10.6. The van der Waals surface area contributed by atoms with Crippen LogP contribution in [0.3, 0.4) is 0 Å². The number of carbonyl (C=O) groups excluding carboxylic acids is 3. The summed E-state index contributed by atoms with van der Waals surface area (Å²) >= 11 is 4.04. The van der Waals surface area contributed by atoms with Gasteiger partial charge in [-0.2, -0.15) is 12.6 Å². The van der Waals surface area contributed by atoms with Crippen LogP contribution in [0, 0.1) is 0 Å². The van der Waals surface area contributed by atoms with Gasteiger partial charge in [-0.1, -0.05) is 18.2 Å². The number of carbonyl (C=O) groups is 4. The molecule has 0 aliphatic heterocycles. The fourth-order valence-corrected chi connectivity index (χ4v) is 3.28. The smallest absolute Gasteiger partial charge is 0.328 e. The number of aromatic amines is 1. The SMILES string of the molecule is NC(Cc1c[nH]c2ccccc12)C(=O)NC(CS)C(=O)NC(CO)C(=O)NC(CO)C(=O)O. The number of benzene rings is 1. The van der Waals surface area contributed by atoms with Crippen molar-refractivity contribution >= 4 is 47.2 Å². The number of aromatic nitrogens is 1. The Kier molecular flexibility index (Phi) is 9.66. The second kappa shape index (κ2) is 12.2. The number of thiol groups is 1. The lowest BCUT2D eigenvalue weighted by molar-refractivity contribution is -0.143. The minimum Gasteiger partial charge on any atom is -0.480 e. The standard InChI is InChI=1S/C20H27N5O7S/c21-12(5-10-6-22-13-4-2-1-3-11(10)13)17(28)25-16(9-33)19(30)23-14(7-26)18(29)24-15(8-27)20(31)32/h1-4,6,12,14-16,22,26-27,33H,5,7-9,21H2,(H,23,30)(H,24,29)(H,25,28)(H,31,32). The number of carboxylic acid groups (broad SMARTS) is 1. The van der Waals surface area contributed by atoms with E-state index in [1.54, 1.807) is 6.20 Å². The quantitative estimate of drug-likeness (QED) is 0.148. The van der Waals surface area contributed by atoms with Crippen LogP contribution in [-0.4, -0.2) is 87.1 Å². The highest BCUT2D eigenvalue weighted by molar-refractivity contribution is 7.80. The molecular formula is C20H27N5O7S. The predicted octanol–water partition coefficient (Wildman–Crippen LogP) is -2.51. The molecule has 0 spiro atoms. The molecule has 3 amide bonds. The van der Waals surface area contributed by atoms with Crippen molar-refractivity contribution in [1.29, 1.82) is 0 Å². The summed E-state index contributed by atoms with van der Waals surface area (Å²) < 4.78 is 0. The second-order valence-corrected chi connectivity index (χ2v) is 7.60. The summed E-state index contributed by atoms with van der Waals surface area (Å²) in [6.07, 6.45) is 1.96. The molecule has 0 radical (unpaired) electrons. The van der Waals surface area contributed by atoms with Gasteiger partial charge in [0.2, 0.25) is 17.7 Å². The van der Waals surface area contributed by atoms with Crippen LogP contribution in [0.1, 0.15) is 5.56 Å². The molecule has 2 rings (SSSR count). The third-order valence-corrected chi connectivity index (χ3v) is 5.24. The third kappa shape index (κ3) is 6.92. The maximum Gasteiger partial charge on any atom is 0.328 e. The lowest BCUT2D eigenvalue weighted by atomic mass is 10.0. The van der Waals surface area contributed by atoms with E-state index in [0.717, 1.165) is 16.5 Å². The lowest BCUT2D eigenvalue weighted by Crippen LogP contribution is -2.59. The van der Waals surface area contributed by atoms with Crippen LogP contribution < -0.4 is 21.7 Å². The fourth-order valence-electron chi connectivity index (χ4n) is 3.03. The first-order valence-electron chi connectivity index (χ1n) is 9.98. The van der Waals surface area contributed by atoms with Gasteiger partial charge in [-0.3, -0.25) is 14.4 Å². The molecule has 12 nitrogen and oxygen atoms in total. The summed E-state index contributed by atoms with van der Waals surface area (Å²) in [5, 5.41) is 34.9. The normalized spacial score (nSPS) is 14.7. The van der Waals surface area contributed by atoms with Gasteiger partial charge in [0, 0.05) is 22.9 Å². The molecule has 1 heterocycles. The summed E-state index contributed by atoms with van der Waals surface area (Å²) in [6.45, 7) is -1.72. The topological polar surface area (TPSA) is 207 Å². The van der Waals surface area contributed by atoms with Crippen molar-refractivity contribution in [1.82, 2.24) is 20.9 Å². The van der Waals surface area contributed by atoms with Crippen LogP contribution in [0.4, 0.5) is 0 Å². The van der Waals surface area contributed by atoms with E-state index in [0.29, 0.717) is 0 Å². The fraction of sp³-hybridized carbons (Fsp3) is 0.400. The molecular weight excluding hydrogens is 454 g/mol. The van der Waals surface area contributed by atoms with Gasteiger partial charge >= 0.3 is 5.97 Å². The van der Waals surface area contributed by atoms with Crippen molar-refractivity contribution < 1.29 is 34.5 Å². The Morgan fingerprint density at radius 3 is 2.12 bits per heavy atom. The van der Waals surface area contributed by atoms with Gasteiger partial charge in [0.15, 0.2) is 0 Å². The van der Waals surface area contributed by atoms with Gasteiger partial charge in [-0.05, 0) is 18.1 Å². The zero-order valence-corrected chi connectivity index (χ0v) is 18.4. The van der Waals surface area contributed by atoms with Crippen LogP contribution in [0.5, 0.6) is 0 Å². The Bertz CT molecular complexity index is 998. The number of fused-ring (bicyclic) bond motifs is 1. The van der Waals surface area contributed by atoms with Crippen molar-refractivity contribution in [2.75, 3.05) is 19.0 Å². The molecule has 1 aromatic carbocycles. The van der Waals surface area contributed by atoms with E-state index in [1.807, 2.05) is 29.6 Å². The number of nitrogens with two attached hydrogens (primary N) is 1. The van der Waals surface area contributed by atoms with E-state index in [9.17, 15) is 24.3 Å². The molecule has 4 unspecified atom stereocenters. The highest BCUT2D eigenvalue weighted by Gasteiger charge is 2.29. The summed E-state index contributed by atoms with van der Waals surface area (Å²) in [7, 11) is 0. The Morgan fingerprint density at radius 1 is 0.939 bits per heavy atom. The zero-order chi connectivity index (χ0) is 24.5. The largest absolute Gasteiger partial charge is 0.480 e. The molecule has 0 saturated heterocycles. The number of carboxylic acids is 1. The van der Waals surface area contributed by atoms with E-state index in [2.05, 4.69) is 28.2 Å². The number of amides is 3. The number of H-pyrrole nitrogens is 1. The van der Waals surface area contributed by atoms with Crippen molar-refractivity contribution in [3.63, 3.8) is 0 Å². The Morgan fingerprint density at radius 2 is 1.52 bits per heavy atom. The van der Waals surface area contributed by atoms with Gasteiger partial charge < -0.3 is 42.0 Å². The van der Waals surface area contributed by atoms with Crippen LogP contribution in [0.25, 0.3) is 10.9 Å². The Balaban J connectivity index is 1.97. The molecule has 0 aliphatic rings. The number of para-hydroxylation sites is 1. The zero-order valence-electron chi connectivity index (χ0n) is 17.5. The number of aliphatic hydroxyl groups is 2. The number of aliphatic hydroxyl groups excluding tert-OH is 2. The number of hydrogen-bond acceptors (Lipinski definition) is 8. The molecule has 0 aliphatic carbocycles. The molecule has 33 heavy (non-hydrogen) atoms. The average molecular weight is 482 g/mol. The van der Waals surface area contributed by atoms with Gasteiger partial charge in [-0.15, -0.1) is 0 Å². The van der Waals surface area contributed by atoms with Crippen molar-refractivity contribution in [2.45, 2.75) is 30.6 Å². The summed E-state index contributed by atoms with van der Waals surface area (Å²) in [4.78, 5) is 51.2. The van der Waals surface area contributed by atoms with Crippen LogP contribution in [0.2, 0.25) is 0 Å². The van der Waals surface area contributed by atoms with E-state index >= 15 is 0 Å². The second-order valence-electron chi connectivity index (χ2n) is 7.24. The molecule has 0 fully saturated rings. The molecule has 180 valence electrons. The van der Waals surface area contributed by atoms with E-state index in [4.69, 9.17) is 15.9 Å². The Labute approximate surface area is 194 Å². The summed E-state index contributed by atoms with van der Waals surface area (Å²) in [5.41, 5.74) is 7.73. The van der Waals surface area contributed by atoms with Crippen molar-refractivity contribution in [3.05, 3.63) is 36.0 Å². The number of nitrogens with one attached hydrogen (secondary N) is 4. The monoisotopic (exact) mass is 481 g/mol. The van der Waals surface area contributed by atoms with Crippen molar-refractivity contribution in [3.8, 4) is 0 Å². The molecule has 0 bridgehead atoms. The van der Waals surface area contributed by atoms with Gasteiger partial charge in [0.05, 0.1) is 19.3 Å². The average Bonchev–Trinajstić information content (AvgIpc) is 3.21. The molecule has 0 saturated carbocycles. The minimum absolute atomic E-state index is 0.133. The van der Waals surface area contributed by atoms with E-state index in [-0.39, 0.29) is 12.2 Å². The Hall–Kier alpha value is -3.13. The minimum atomic E-state index is -1.61. The summed E-state index contributed by atoms with van der Waals surface area (Å²) in [5.74, 6) is -4.09. The number of aliphatic carboxylic acids is 1. The van der Waals surface area contributed by atoms with E-state index in [1.165, 1.54) is 0 Å². The van der Waals surface area contributed by atoms with Gasteiger partial charge in [-0.25, -0.2) is 4.79 Å². The van der Waals surface area contributed by atoms with Gasteiger partial charge in [0.25, 0.3) is 0 Å². The molecule has 1 aromatic heterocycles.